The molecule has 0 unspecified atom stereocenters. The van der Waals surface area contributed by atoms with E-state index in [2.05, 4.69) is 174 Å². The maximum absolute atomic E-state index is 6.20. The average molecular weight is 617 g/mol. The van der Waals surface area contributed by atoms with E-state index in [1.165, 1.54) is 44.0 Å². The maximum atomic E-state index is 6.20. The van der Waals surface area contributed by atoms with Gasteiger partial charge in [-0.15, -0.1) is 0 Å². The second-order valence-electron chi connectivity index (χ2n) is 12.2. The van der Waals surface area contributed by atoms with Gasteiger partial charge >= 0.3 is 0 Å². The first-order chi connectivity index (χ1) is 23.8. The quantitative estimate of drug-likeness (QED) is 0.201. The van der Waals surface area contributed by atoms with Crippen molar-refractivity contribution in [2.75, 3.05) is 4.90 Å². The smallest absolute Gasteiger partial charge is 0.135 e. The Morgan fingerprint density at radius 3 is 1.79 bits per heavy atom. The Kier molecular flexibility index (Phi) is 6.87. The van der Waals surface area contributed by atoms with Crippen LogP contribution in [0.1, 0.15) is 11.3 Å². The molecule has 48 heavy (non-hydrogen) atoms. The average Bonchev–Trinajstić information content (AvgIpc) is 3.54. The van der Waals surface area contributed by atoms with Crippen LogP contribution in [0.5, 0.6) is 0 Å². The Balaban J connectivity index is 1.09. The number of furan rings is 1. The van der Waals surface area contributed by atoms with E-state index in [-0.39, 0.29) is 0 Å². The predicted molar refractivity (Wildman–Crippen MR) is 201 cm³/mol. The molecule has 3 nitrogen and oxygen atoms in total. The second-order valence-corrected chi connectivity index (χ2v) is 12.2. The molecule has 0 atom stereocenters. The van der Waals surface area contributed by atoms with Gasteiger partial charge < -0.3 is 14.6 Å². The Hall–Kier alpha value is -6.32. The van der Waals surface area contributed by atoms with Crippen molar-refractivity contribution in [1.82, 2.24) is 5.32 Å². The lowest BCUT2D eigenvalue weighted by Crippen LogP contribution is -2.09. The second kappa shape index (κ2) is 11.8. The highest BCUT2D eigenvalue weighted by atomic mass is 16.3. The summed E-state index contributed by atoms with van der Waals surface area (Å²) >= 11 is 0. The summed E-state index contributed by atoms with van der Waals surface area (Å²) in [6.07, 6.45) is 3.95. The first-order valence-electron chi connectivity index (χ1n) is 16.4. The monoisotopic (exact) mass is 616 g/mol. The lowest BCUT2D eigenvalue weighted by Gasteiger charge is -2.26. The van der Waals surface area contributed by atoms with Crippen LogP contribution < -0.4 is 10.2 Å². The summed E-state index contributed by atoms with van der Waals surface area (Å²) in [5, 5.41) is 6.97. The lowest BCUT2D eigenvalue weighted by molar-refractivity contribution is 0.592. The fraction of sp³-hybridized carbons (Fsp3) is 0.0222. The van der Waals surface area contributed by atoms with Crippen LogP contribution in [0, 0.1) is 0 Å². The van der Waals surface area contributed by atoms with Crippen LogP contribution in [0.3, 0.4) is 0 Å². The Bertz CT molecular complexity index is 2420. The number of hydrogen-bond donors (Lipinski definition) is 1. The minimum atomic E-state index is 0.790. The number of benzene rings is 7. The molecule has 1 N–H and O–H groups in total. The van der Waals surface area contributed by atoms with Crippen LogP contribution in [0.2, 0.25) is 0 Å². The van der Waals surface area contributed by atoms with Gasteiger partial charge in [0.15, 0.2) is 0 Å². The van der Waals surface area contributed by atoms with Crippen molar-refractivity contribution >= 4 is 44.9 Å². The minimum Gasteiger partial charge on any atom is -0.456 e. The molecule has 0 aliphatic carbocycles. The molecule has 0 saturated carbocycles. The van der Waals surface area contributed by atoms with Crippen molar-refractivity contribution in [3.63, 3.8) is 0 Å². The zero-order valence-electron chi connectivity index (χ0n) is 26.3. The van der Waals surface area contributed by atoms with Crippen molar-refractivity contribution in [3.8, 4) is 33.4 Å². The zero-order valence-corrected chi connectivity index (χ0v) is 26.3. The molecule has 3 heteroatoms. The molecule has 0 radical (unpaired) electrons. The van der Waals surface area contributed by atoms with Gasteiger partial charge in [-0.2, -0.15) is 0 Å². The summed E-state index contributed by atoms with van der Waals surface area (Å²) < 4.78 is 6.20. The third-order valence-electron chi connectivity index (χ3n) is 9.37. The highest BCUT2D eigenvalue weighted by Gasteiger charge is 2.17. The van der Waals surface area contributed by atoms with Crippen molar-refractivity contribution in [2.24, 2.45) is 0 Å². The van der Waals surface area contributed by atoms with Crippen molar-refractivity contribution in [2.45, 2.75) is 6.54 Å². The van der Waals surface area contributed by atoms with Gasteiger partial charge in [-0.1, -0.05) is 121 Å². The number of nitrogens with one attached hydrogen (secondary N) is 1. The third kappa shape index (κ3) is 5.03. The molecular weight excluding hydrogens is 585 g/mol. The van der Waals surface area contributed by atoms with Crippen molar-refractivity contribution in [3.05, 3.63) is 181 Å². The van der Waals surface area contributed by atoms with E-state index in [1.807, 2.05) is 12.3 Å². The molecule has 8 aromatic rings. The zero-order chi connectivity index (χ0) is 31.9. The summed E-state index contributed by atoms with van der Waals surface area (Å²) in [6, 6.07) is 58.8. The fourth-order valence-corrected chi connectivity index (χ4v) is 6.91. The van der Waals surface area contributed by atoms with Crippen molar-refractivity contribution < 1.29 is 4.42 Å². The molecular formula is C45H32N2O. The molecule has 0 amide bonds. The summed E-state index contributed by atoms with van der Waals surface area (Å²) in [5.74, 6) is 0.941. The molecule has 2 heterocycles. The SMILES string of the molecule is C1=Cc2oc3cc(-c4ccc(N(c5ccc(-c6ccccc6)cc5)c5ccc(-c6cccc7ccccc67)cc5)cc4)ccc3c2CN1. The molecule has 0 spiro atoms. The summed E-state index contributed by atoms with van der Waals surface area (Å²) in [4.78, 5) is 2.33. The van der Waals surface area contributed by atoms with Gasteiger partial charge in [-0.05, 0) is 92.7 Å². The van der Waals surface area contributed by atoms with E-state index < -0.39 is 0 Å². The van der Waals surface area contributed by atoms with Gasteiger partial charge in [0.05, 0.1) is 0 Å². The van der Waals surface area contributed by atoms with Crippen LogP contribution in [0.4, 0.5) is 17.1 Å². The van der Waals surface area contributed by atoms with Gasteiger partial charge in [0.2, 0.25) is 0 Å². The van der Waals surface area contributed by atoms with Crippen molar-refractivity contribution in [1.29, 1.82) is 0 Å². The number of hydrogen-bond acceptors (Lipinski definition) is 3. The normalized spacial score (nSPS) is 12.2. The van der Waals surface area contributed by atoms with E-state index in [0.29, 0.717) is 0 Å². The Morgan fingerprint density at radius 2 is 1.06 bits per heavy atom. The molecule has 228 valence electrons. The van der Waals surface area contributed by atoms with E-state index in [0.717, 1.165) is 46.1 Å². The molecule has 9 rings (SSSR count). The van der Waals surface area contributed by atoms with Crippen LogP contribution >= 0.6 is 0 Å². The summed E-state index contributed by atoms with van der Waals surface area (Å²) in [6.45, 7) is 0.790. The van der Waals surface area contributed by atoms with E-state index >= 15 is 0 Å². The highest BCUT2D eigenvalue weighted by Crippen LogP contribution is 2.39. The van der Waals surface area contributed by atoms with Gasteiger partial charge in [0.25, 0.3) is 0 Å². The molecule has 0 saturated heterocycles. The van der Waals surface area contributed by atoms with E-state index in [9.17, 15) is 0 Å². The molecule has 0 fully saturated rings. The van der Waals surface area contributed by atoms with Crippen LogP contribution in [-0.4, -0.2) is 0 Å². The molecule has 0 bridgehead atoms. The molecule has 7 aromatic carbocycles. The minimum absolute atomic E-state index is 0.790. The highest BCUT2D eigenvalue weighted by molar-refractivity contribution is 5.97. The van der Waals surface area contributed by atoms with Gasteiger partial charge in [-0.3, -0.25) is 0 Å². The number of rotatable bonds is 6. The number of fused-ring (bicyclic) bond motifs is 4. The topological polar surface area (TPSA) is 28.4 Å². The van der Waals surface area contributed by atoms with Crippen LogP contribution in [0.15, 0.2) is 174 Å². The largest absolute Gasteiger partial charge is 0.456 e. The maximum Gasteiger partial charge on any atom is 0.135 e. The van der Waals surface area contributed by atoms with E-state index in [4.69, 9.17) is 4.42 Å². The first-order valence-corrected chi connectivity index (χ1v) is 16.4. The molecule has 1 aliphatic rings. The fourth-order valence-electron chi connectivity index (χ4n) is 6.91. The first kappa shape index (κ1) is 27.9. The van der Waals surface area contributed by atoms with Crippen LogP contribution in [0.25, 0.3) is 61.2 Å². The predicted octanol–water partition coefficient (Wildman–Crippen LogP) is 12.1. The van der Waals surface area contributed by atoms with E-state index in [1.54, 1.807) is 0 Å². The summed E-state index contributed by atoms with van der Waals surface area (Å²) in [5.41, 5.74) is 12.6. The molecule has 1 aromatic heterocycles. The van der Waals surface area contributed by atoms with Gasteiger partial charge in [0.1, 0.15) is 11.3 Å². The van der Waals surface area contributed by atoms with Crippen LogP contribution in [-0.2, 0) is 6.54 Å². The number of nitrogens with zero attached hydrogens (tertiary/aromatic N) is 1. The lowest BCUT2D eigenvalue weighted by atomic mass is 9.98. The number of anilines is 3. The Labute approximate surface area is 280 Å². The summed E-state index contributed by atoms with van der Waals surface area (Å²) in [7, 11) is 0. The Morgan fingerprint density at radius 1 is 0.479 bits per heavy atom. The third-order valence-corrected chi connectivity index (χ3v) is 9.37. The molecule has 1 aliphatic heterocycles. The van der Waals surface area contributed by atoms with Gasteiger partial charge in [-0.25, -0.2) is 0 Å². The van der Waals surface area contributed by atoms with Gasteiger partial charge in [0, 0.05) is 40.8 Å². The standard InChI is InChI=1S/C45H32N2O/c1-2-7-31(8-3-1)32-13-20-37(21-14-32)47(39-24-17-35(18-25-39)41-12-6-10-34-9-4-5-11-40(34)41)38-22-15-33(16-23-38)36-19-26-42-43-30-46-28-27-44(43)48-45(42)29-36/h1-29,46H,30H2.